The van der Waals surface area contributed by atoms with Crippen molar-refractivity contribution in [2.75, 3.05) is 21.2 Å². The van der Waals surface area contributed by atoms with Gasteiger partial charge in [0, 0.05) is 19.7 Å². The van der Waals surface area contributed by atoms with Crippen molar-refractivity contribution < 1.29 is 9.53 Å². The number of carbonyl (C=O) groups excluding carboxylic acids is 1. The lowest BCUT2D eigenvalue weighted by atomic mass is 10.2. The van der Waals surface area contributed by atoms with Crippen LogP contribution in [0.25, 0.3) is 0 Å². The lowest BCUT2D eigenvalue weighted by Crippen LogP contribution is -2.36. The summed E-state index contributed by atoms with van der Waals surface area (Å²) in [5.41, 5.74) is 3.23. The van der Waals surface area contributed by atoms with Crippen LogP contribution in [0, 0.1) is 0 Å². The van der Waals surface area contributed by atoms with Crippen LogP contribution in [0.1, 0.15) is 10.4 Å². The summed E-state index contributed by atoms with van der Waals surface area (Å²) >= 11 is 0. The fourth-order valence-corrected chi connectivity index (χ4v) is 1.03. The molecule has 0 heterocycles. The third-order valence-electron chi connectivity index (χ3n) is 1.66. The number of nitrogens with one attached hydrogen (secondary N) is 1. The lowest BCUT2D eigenvalue weighted by molar-refractivity contribution is 0.0856. The topological polar surface area (TPSA) is 41.6 Å². The van der Waals surface area contributed by atoms with Crippen LogP contribution in [-0.2, 0) is 0 Å². The third-order valence-corrected chi connectivity index (χ3v) is 1.66. The quantitative estimate of drug-likeness (QED) is 0.727. The molecule has 1 aromatic carbocycles. The van der Waals surface area contributed by atoms with Crippen molar-refractivity contribution in [3.8, 4) is 5.75 Å². The molecule has 14 heavy (non-hydrogen) atoms. The van der Waals surface area contributed by atoms with E-state index in [1.807, 2.05) is 0 Å². The molecule has 0 aliphatic rings. The standard InChI is InChI=1S/C10H14N2O2/c1-12(2)11-10(13)8-5-4-6-9(7-8)14-3/h4-7H,1-3H3,(H,11,13). The number of benzene rings is 1. The first kappa shape index (κ1) is 10.5. The average Bonchev–Trinajstić information content (AvgIpc) is 2.17. The van der Waals surface area contributed by atoms with Crippen LogP contribution >= 0.6 is 0 Å². The zero-order valence-electron chi connectivity index (χ0n) is 8.57. The van der Waals surface area contributed by atoms with E-state index in [9.17, 15) is 4.79 Å². The average molecular weight is 194 g/mol. The van der Waals surface area contributed by atoms with E-state index in [0.29, 0.717) is 11.3 Å². The van der Waals surface area contributed by atoms with Gasteiger partial charge < -0.3 is 4.74 Å². The van der Waals surface area contributed by atoms with Crippen molar-refractivity contribution in [2.45, 2.75) is 0 Å². The van der Waals surface area contributed by atoms with Gasteiger partial charge in [-0.25, -0.2) is 5.01 Å². The maximum absolute atomic E-state index is 11.5. The van der Waals surface area contributed by atoms with Crippen molar-refractivity contribution >= 4 is 5.91 Å². The number of hydrogen-bond acceptors (Lipinski definition) is 3. The van der Waals surface area contributed by atoms with Crippen LogP contribution in [0.4, 0.5) is 0 Å². The normalized spacial score (nSPS) is 10.0. The van der Waals surface area contributed by atoms with Crippen LogP contribution in [0.15, 0.2) is 24.3 Å². The van der Waals surface area contributed by atoms with E-state index in [1.54, 1.807) is 50.5 Å². The molecule has 0 saturated heterocycles. The molecular formula is C10H14N2O2. The minimum atomic E-state index is -0.145. The SMILES string of the molecule is COc1cccc(C(=O)NN(C)C)c1. The largest absolute Gasteiger partial charge is 0.497 e. The molecule has 0 bridgehead atoms. The molecular weight excluding hydrogens is 180 g/mol. The number of amides is 1. The Morgan fingerprint density at radius 1 is 1.43 bits per heavy atom. The lowest BCUT2D eigenvalue weighted by Gasteiger charge is -2.11. The van der Waals surface area contributed by atoms with Crippen LogP contribution in [0.3, 0.4) is 0 Å². The van der Waals surface area contributed by atoms with Crippen molar-refractivity contribution in [3.63, 3.8) is 0 Å². The van der Waals surface area contributed by atoms with Gasteiger partial charge in [0.1, 0.15) is 5.75 Å². The number of rotatable bonds is 3. The molecule has 0 unspecified atom stereocenters. The van der Waals surface area contributed by atoms with Gasteiger partial charge >= 0.3 is 0 Å². The Bertz CT molecular complexity index is 324. The third kappa shape index (κ3) is 2.74. The number of hydrazine groups is 1. The summed E-state index contributed by atoms with van der Waals surface area (Å²) in [6, 6.07) is 7.01. The number of carbonyl (C=O) groups is 1. The van der Waals surface area contributed by atoms with Gasteiger partial charge in [-0.2, -0.15) is 0 Å². The summed E-state index contributed by atoms with van der Waals surface area (Å²) in [6.45, 7) is 0. The molecule has 76 valence electrons. The summed E-state index contributed by atoms with van der Waals surface area (Å²) in [7, 11) is 5.10. The number of nitrogens with zero attached hydrogens (tertiary/aromatic N) is 1. The minimum absolute atomic E-state index is 0.145. The summed E-state index contributed by atoms with van der Waals surface area (Å²) in [4.78, 5) is 11.5. The van der Waals surface area contributed by atoms with Gasteiger partial charge in [0.2, 0.25) is 0 Å². The second-order valence-electron chi connectivity index (χ2n) is 3.07. The maximum atomic E-state index is 11.5. The molecule has 0 radical (unpaired) electrons. The fourth-order valence-electron chi connectivity index (χ4n) is 1.03. The highest BCUT2D eigenvalue weighted by Crippen LogP contribution is 2.12. The zero-order valence-corrected chi connectivity index (χ0v) is 8.57. The molecule has 0 aliphatic carbocycles. The molecule has 1 N–H and O–H groups in total. The molecule has 0 aromatic heterocycles. The summed E-state index contributed by atoms with van der Waals surface area (Å²) in [5.74, 6) is 0.533. The molecule has 4 heteroatoms. The molecule has 1 aromatic rings. The number of methoxy groups -OCH3 is 1. The van der Waals surface area contributed by atoms with Crippen molar-refractivity contribution in [2.24, 2.45) is 0 Å². The Kier molecular flexibility index (Phi) is 3.48. The molecule has 0 aliphatic heterocycles. The summed E-state index contributed by atoms with van der Waals surface area (Å²) in [5, 5.41) is 1.60. The molecule has 0 spiro atoms. The number of hydrogen-bond donors (Lipinski definition) is 1. The molecule has 1 rings (SSSR count). The Hall–Kier alpha value is -1.55. The monoisotopic (exact) mass is 194 g/mol. The molecule has 1 amide bonds. The second-order valence-corrected chi connectivity index (χ2v) is 3.07. The second kappa shape index (κ2) is 4.62. The van der Waals surface area contributed by atoms with E-state index in [2.05, 4.69) is 5.43 Å². The van der Waals surface area contributed by atoms with Crippen LogP contribution < -0.4 is 10.2 Å². The van der Waals surface area contributed by atoms with Gasteiger partial charge in [-0.15, -0.1) is 0 Å². The first-order chi connectivity index (χ1) is 6.63. The van der Waals surface area contributed by atoms with E-state index < -0.39 is 0 Å². The predicted molar refractivity (Wildman–Crippen MR) is 54.1 cm³/mol. The summed E-state index contributed by atoms with van der Waals surface area (Å²) < 4.78 is 5.02. The van der Waals surface area contributed by atoms with Crippen LogP contribution in [0.5, 0.6) is 5.75 Å². The maximum Gasteiger partial charge on any atom is 0.265 e. The van der Waals surface area contributed by atoms with Gasteiger partial charge in [0.15, 0.2) is 0 Å². The first-order valence-corrected chi connectivity index (χ1v) is 4.26. The predicted octanol–water partition coefficient (Wildman–Crippen LogP) is 0.902. The van der Waals surface area contributed by atoms with E-state index in [0.717, 1.165) is 0 Å². The van der Waals surface area contributed by atoms with Gasteiger partial charge in [0.25, 0.3) is 5.91 Å². The highest BCUT2D eigenvalue weighted by atomic mass is 16.5. The highest BCUT2D eigenvalue weighted by molar-refractivity contribution is 5.94. The van der Waals surface area contributed by atoms with Gasteiger partial charge in [-0.3, -0.25) is 10.2 Å². The Morgan fingerprint density at radius 2 is 2.14 bits per heavy atom. The number of ether oxygens (including phenoxy) is 1. The molecule has 4 nitrogen and oxygen atoms in total. The Morgan fingerprint density at radius 3 is 2.71 bits per heavy atom. The van der Waals surface area contributed by atoms with E-state index in [1.165, 1.54) is 0 Å². The fraction of sp³-hybridized carbons (Fsp3) is 0.300. The zero-order chi connectivity index (χ0) is 10.6. The molecule has 0 atom stereocenters. The Balaban J connectivity index is 2.79. The van der Waals surface area contributed by atoms with E-state index in [4.69, 9.17) is 4.74 Å². The summed E-state index contributed by atoms with van der Waals surface area (Å²) in [6.07, 6.45) is 0. The molecule has 0 saturated carbocycles. The smallest absolute Gasteiger partial charge is 0.265 e. The van der Waals surface area contributed by atoms with Crippen molar-refractivity contribution in [1.82, 2.24) is 10.4 Å². The van der Waals surface area contributed by atoms with Crippen LogP contribution in [-0.4, -0.2) is 32.1 Å². The van der Waals surface area contributed by atoms with E-state index in [-0.39, 0.29) is 5.91 Å². The van der Waals surface area contributed by atoms with Gasteiger partial charge in [0.05, 0.1) is 7.11 Å². The van der Waals surface area contributed by atoms with Crippen molar-refractivity contribution in [3.05, 3.63) is 29.8 Å². The van der Waals surface area contributed by atoms with Gasteiger partial charge in [-0.05, 0) is 18.2 Å². The minimum Gasteiger partial charge on any atom is -0.497 e. The van der Waals surface area contributed by atoms with E-state index >= 15 is 0 Å². The Labute approximate surface area is 83.4 Å². The highest BCUT2D eigenvalue weighted by Gasteiger charge is 2.06. The first-order valence-electron chi connectivity index (χ1n) is 4.26. The van der Waals surface area contributed by atoms with Crippen molar-refractivity contribution in [1.29, 1.82) is 0 Å². The van der Waals surface area contributed by atoms with Crippen LogP contribution in [0.2, 0.25) is 0 Å². The molecule has 0 fully saturated rings. The van der Waals surface area contributed by atoms with Gasteiger partial charge in [-0.1, -0.05) is 6.07 Å².